The van der Waals surface area contributed by atoms with Crippen molar-refractivity contribution in [3.05, 3.63) is 77.9 Å². The van der Waals surface area contributed by atoms with E-state index in [1.807, 2.05) is 59.5 Å². The highest BCUT2D eigenvalue weighted by molar-refractivity contribution is 6.07. The minimum atomic E-state index is -0.0638. The molecule has 0 spiro atoms. The quantitative estimate of drug-likeness (QED) is 0.529. The van der Waals surface area contributed by atoms with Gasteiger partial charge in [-0.05, 0) is 73.3 Å². The molecule has 3 aromatic rings. The number of methoxy groups -OCH3 is 1. The molecule has 0 radical (unpaired) electrons. The highest BCUT2D eigenvalue weighted by atomic mass is 16.5. The van der Waals surface area contributed by atoms with Crippen LogP contribution < -0.4 is 10.1 Å². The summed E-state index contributed by atoms with van der Waals surface area (Å²) in [6.45, 7) is 3.89. The largest absolute Gasteiger partial charge is 0.497 e. The van der Waals surface area contributed by atoms with E-state index < -0.39 is 0 Å². The lowest BCUT2D eigenvalue weighted by molar-refractivity contribution is -0.126. The smallest absolute Gasteiger partial charge is 0.254 e. The molecule has 36 heavy (non-hydrogen) atoms. The van der Waals surface area contributed by atoms with E-state index in [4.69, 9.17) is 4.74 Å². The van der Waals surface area contributed by atoms with Crippen LogP contribution in [-0.4, -0.2) is 61.4 Å². The first-order chi connectivity index (χ1) is 17.6. The molecule has 2 fully saturated rings. The molecule has 1 N–H and O–H groups in total. The molecule has 2 aliphatic heterocycles. The molecule has 6 nitrogen and oxygen atoms in total. The predicted molar refractivity (Wildman–Crippen MR) is 142 cm³/mol. The molecule has 0 bridgehead atoms. The van der Waals surface area contributed by atoms with E-state index in [2.05, 4.69) is 22.3 Å². The van der Waals surface area contributed by atoms with Crippen LogP contribution in [0, 0.1) is 5.92 Å². The number of rotatable bonds is 7. The molecule has 188 valence electrons. The van der Waals surface area contributed by atoms with Crippen molar-refractivity contribution < 1.29 is 14.3 Å². The Morgan fingerprint density at radius 1 is 0.944 bits per heavy atom. The lowest BCUT2D eigenvalue weighted by Gasteiger charge is -2.33. The van der Waals surface area contributed by atoms with E-state index in [1.165, 1.54) is 18.4 Å². The topological polar surface area (TPSA) is 61.9 Å². The van der Waals surface area contributed by atoms with Gasteiger partial charge in [0.05, 0.1) is 13.2 Å². The van der Waals surface area contributed by atoms with Crippen molar-refractivity contribution in [1.82, 2.24) is 15.1 Å². The Labute approximate surface area is 213 Å². The first-order valence-electron chi connectivity index (χ1n) is 13.1. The van der Waals surface area contributed by atoms with Crippen molar-refractivity contribution in [2.45, 2.75) is 31.7 Å². The molecule has 0 aliphatic carbocycles. The van der Waals surface area contributed by atoms with Crippen molar-refractivity contribution in [2.24, 2.45) is 5.92 Å². The van der Waals surface area contributed by atoms with Gasteiger partial charge in [0, 0.05) is 31.1 Å². The molecule has 2 heterocycles. The minimum absolute atomic E-state index is 0.0535. The van der Waals surface area contributed by atoms with Gasteiger partial charge in [0.2, 0.25) is 5.91 Å². The zero-order valence-corrected chi connectivity index (χ0v) is 21.0. The molecule has 2 aliphatic rings. The summed E-state index contributed by atoms with van der Waals surface area (Å²) in [5.74, 6) is 0.925. The summed E-state index contributed by atoms with van der Waals surface area (Å²) >= 11 is 0. The summed E-state index contributed by atoms with van der Waals surface area (Å²) in [6, 6.07) is 22.2. The van der Waals surface area contributed by atoms with Gasteiger partial charge >= 0.3 is 0 Å². The van der Waals surface area contributed by atoms with E-state index in [1.54, 1.807) is 7.11 Å². The van der Waals surface area contributed by atoms with Gasteiger partial charge in [-0.2, -0.15) is 0 Å². The van der Waals surface area contributed by atoms with Crippen molar-refractivity contribution in [2.75, 3.05) is 39.8 Å². The minimum Gasteiger partial charge on any atom is -0.497 e. The Hall–Kier alpha value is -3.38. The van der Waals surface area contributed by atoms with Crippen LogP contribution in [0.15, 0.2) is 66.7 Å². The molecular weight excluding hydrogens is 450 g/mol. The number of nitrogens with one attached hydrogen (secondary N) is 1. The number of amides is 2. The van der Waals surface area contributed by atoms with Gasteiger partial charge in [0.25, 0.3) is 5.91 Å². The summed E-state index contributed by atoms with van der Waals surface area (Å²) in [4.78, 5) is 30.8. The van der Waals surface area contributed by atoms with Gasteiger partial charge < -0.3 is 15.0 Å². The maximum Gasteiger partial charge on any atom is 0.254 e. The van der Waals surface area contributed by atoms with E-state index in [-0.39, 0.29) is 23.8 Å². The summed E-state index contributed by atoms with van der Waals surface area (Å²) in [5.41, 5.74) is 1.91. The van der Waals surface area contributed by atoms with Gasteiger partial charge in [-0.15, -0.1) is 0 Å². The maximum atomic E-state index is 13.3. The van der Waals surface area contributed by atoms with Gasteiger partial charge in [0.1, 0.15) is 5.75 Å². The van der Waals surface area contributed by atoms with Crippen molar-refractivity contribution in [3.63, 3.8) is 0 Å². The Kier molecular flexibility index (Phi) is 7.52. The number of hydrogen-bond donors (Lipinski definition) is 1. The lowest BCUT2D eigenvalue weighted by atomic mass is 9.94. The van der Waals surface area contributed by atoms with Crippen LogP contribution >= 0.6 is 0 Å². The van der Waals surface area contributed by atoms with E-state index in [9.17, 15) is 9.59 Å². The van der Waals surface area contributed by atoms with Crippen LogP contribution in [0.25, 0.3) is 10.8 Å². The molecular formula is C30H35N3O3. The number of piperidine rings is 1. The molecule has 0 saturated carbocycles. The van der Waals surface area contributed by atoms with E-state index >= 15 is 0 Å². The zero-order valence-electron chi connectivity index (χ0n) is 21.0. The van der Waals surface area contributed by atoms with Crippen LogP contribution in [0.1, 0.15) is 47.6 Å². The highest BCUT2D eigenvalue weighted by Crippen LogP contribution is 2.28. The molecule has 6 heteroatoms. The van der Waals surface area contributed by atoms with E-state index in [0.29, 0.717) is 32.5 Å². The molecule has 1 atom stereocenters. The second kappa shape index (κ2) is 11.1. The third-order valence-corrected chi connectivity index (χ3v) is 7.70. The van der Waals surface area contributed by atoms with Gasteiger partial charge in [-0.1, -0.05) is 48.5 Å². The Morgan fingerprint density at radius 2 is 1.67 bits per heavy atom. The van der Waals surface area contributed by atoms with Crippen molar-refractivity contribution in [3.8, 4) is 5.75 Å². The molecule has 2 saturated heterocycles. The van der Waals surface area contributed by atoms with Crippen LogP contribution in [0.2, 0.25) is 0 Å². The monoisotopic (exact) mass is 485 g/mol. The molecule has 2 amide bonds. The van der Waals surface area contributed by atoms with Crippen LogP contribution in [0.3, 0.4) is 0 Å². The summed E-state index contributed by atoms with van der Waals surface area (Å²) in [7, 11) is 1.68. The summed E-state index contributed by atoms with van der Waals surface area (Å²) < 4.78 is 5.44. The molecule has 5 rings (SSSR count). The second-order valence-electron chi connectivity index (χ2n) is 9.87. The fraction of sp³-hybridized carbons (Fsp3) is 0.400. The third-order valence-electron chi connectivity index (χ3n) is 7.70. The fourth-order valence-corrected chi connectivity index (χ4v) is 5.63. The average molecular weight is 486 g/mol. The molecule has 3 aromatic carbocycles. The van der Waals surface area contributed by atoms with Gasteiger partial charge in [-0.3, -0.25) is 14.5 Å². The lowest BCUT2D eigenvalue weighted by Crippen LogP contribution is -2.44. The second-order valence-corrected chi connectivity index (χ2v) is 9.87. The Bertz CT molecular complexity index is 1210. The molecule has 1 unspecified atom stereocenters. The Balaban J connectivity index is 1.19. The third kappa shape index (κ3) is 5.24. The molecule has 0 aromatic heterocycles. The highest BCUT2D eigenvalue weighted by Gasteiger charge is 2.30. The predicted octanol–water partition coefficient (Wildman–Crippen LogP) is 4.65. The normalized spacial score (nSPS) is 17.8. The standard InChI is InChI=1S/C30H35N3O3/c1-36-25-11-6-10-24(20-25)28(32-16-4-5-17-32)21-31-29(34)23-14-18-33(19-15-23)30(35)27-13-7-9-22-8-2-3-12-26(22)27/h2-3,6-13,20,23,28H,4-5,14-19,21H2,1H3,(H,31,34). The number of carbonyl (C=O) groups excluding carboxylic acids is 2. The number of likely N-dealkylation sites (tertiary alicyclic amines) is 2. The Morgan fingerprint density at radius 3 is 2.44 bits per heavy atom. The number of carbonyl (C=O) groups is 2. The van der Waals surface area contributed by atoms with Gasteiger partial charge in [-0.25, -0.2) is 0 Å². The fourth-order valence-electron chi connectivity index (χ4n) is 5.63. The van der Waals surface area contributed by atoms with Crippen molar-refractivity contribution >= 4 is 22.6 Å². The van der Waals surface area contributed by atoms with Crippen LogP contribution in [0.5, 0.6) is 5.75 Å². The van der Waals surface area contributed by atoms with Crippen molar-refractivity contribution in [1.29, 1.82) is 0 Å². The SMILES string of the molecule is COc1cccc(C(CNC(=O)C2CCN(C(=O)c3cccc4ccccc34)CC2)N2CCCC2)c1. The first kappa shape index (κ1) is 24.3. The summed E-state index contributed by atoms with van der Waals surface area (Å²) in [5, 5.41) is 5.29. The number of fused-ring (bicyclic) bond motifs is 1. The number of benzene rings is 3. The average Bonchev–Trinajstić information content (AvgIpc) is 3.47. The number of hydrogen-bond acceptors (Lipinski definition) is 4. The number of ether oxygens (including phenoxy) is 1. The first-order valence-corrected chi connectivity index (χ1v) is 13.1. The maximum absolute atomic E-state index is 13.3. The van der Waals surface area contributed by atoms with Crippen LogP contribution in [0.4, 0.5) is 0 Å². The van der Waals surface area contributed by atoms with Crippen LogP contribution in [-0.2, 0) is 4.79 Å². The zero-order chi connectivity index (χ0) is 24.9. The van der Waals surface area contributed by atoms with E-state index in [0.717, 1.165) is 35.2 Å². The van der Waals surface area contributed by atoms with Gasteiger partial charge in [0.15, 0.2) is 0 Å². The number of nitrogens with zero attached hydrogens (tertiary/aromatic N) is 2. The summed E-state index contributed by atoms with van der Waals surface area (Å²) in [6.07, 6.45) is 3.76.